The number of rotatable bonds is 11. The van der Waals surface area contributed by atoms with Crippen LogP contribution >= 0.6 is 0 Å². The van der Waals surface area contributed by atoms with Gasteiger partial charge in [-0.05, 0) is 54.8 Å². The van der Waals surface area contributed by atoms with E-state index in [0.717, 1.165) is 27.3 Å². The van der Waals surface area contributed by atoms with E-state index in [9.17, 15) is 18.0 Å². The van der Waals surface area contributed by atoms with E-state index < -0.39 is 28.5 Å². The summed E-state index contributed by atoms with van der Waals surface area (Å²) in [5.41, 5.74) is 3.17. The molecule has 0 aliphatic heterocycles. The number of sulfonamides is 1. The Bertz CT molecular complexity index is 1310. The third kappa shape index (κ3) is 7.57. The first-order valence-corrected chi connectivity index (χ1v) is 13.7. The van der Waals surface area contributed by atoms with Crippen LogP contribution in [0.25, 0.3) is 0 Å². The molecule has 0 aromatic heterocycles. The number of carbonyl (C=O) groups is 2. The molecule has 0 radical (unpaired) electrons. The lowest BCUT2D eigenvalue weighted by atomic mass is 10.1. The molecule has 0 unspecified atom stereocenters. The van der Waals surface area contributed by atoms with Gasteiger partial charge in [-0.1, -0.05) is 54.6 Å². The van der Waals surface area contributed by atoms with Crippen LogP contribution < -0.4 is 14.4 Å². The molecule has 0 aliphatic carbocycles. The summed E-state index contributed by atoms with van der Waals surface area (Å²) < 4.78 is 32.2. The Hall–Kier alpha value is -3.85. The van der Waals surface area contributed by atoms with Crippen LogP contribution in [-0.4, -0.2) is 51.0 Å². The number of hydrogen-bond donors (Lipinski definition) is 1. The third-order valence-electron chi connectivity index (χ3n) is 6.07. The van der Waals surface area contributed by atoms with Gasteiger partial charge in [-0.2, -0.15) is 0 Å². The van der Waals surface area contributed by atoms with Gasteiger partial charge in [0.2, 0.25) is 21.8 Å². The number of anilines is 1. The summed E-state index contributed by atoms with van der Waals surface area (Å²) in [5.74, 6) is -0.260. The van der Waals surface area contributed by atoms with Gasteiger partial charge in [0.05, 0.1) is 11.9 Å². The summed E-state index contributed by atoms with van der Waals surface area (Å²) in [4.78, 5) is 27.3. The third-order valence-corrected chi connectivity index (χ3v) is 7.21. The highest BCUT2D eigenvalue weighted by atomic mass is 32.2. The normalized spacial score (nSPS) is 11.9. The van der Waals surface area contributed by atoms with E-state index in [1.165, 1.54) is 11.9 Å². The van der Waals surface area contributed by atoms with Crippen LogP contribution in [-0.2, 0) is 32.8 Å². The monoisotopic (exact) mass is 523 g/mol. The number of benzene rings is 3. The molecule has 1 N–H and O–H groups in total. The van der Waals surface area contributed by atoms with E-state index >= 15 is 0 Å². The molecule has 9 heteroatoms. The summed E-state index contributed by atoms with van der Waals surface area (Å²) in [6.07, 6.45) is 1.05. The zero-order chi connectivity index (χ0) is 27.0. The van der Waals surface area contributed by atoms with Crippen LogP contribution in [0.15, 0.2) is 78.9 Å². The average Bonchev–Trinajstić information content (AvgIpc) is 2.89. The molecule has 2 amide bonds. The number of aryl methyl sites for hydroxylation is 1. The highest BCUT2D eigenvalue weighted by Crippen LogP contribution is 2.23. The summed E-state index contributed by atoms with van der Waals surface area (Å²) in [5, 5.41) is 2.57. The van der Waals surface area contributed by atoms with Crippen LogP contribution in [0.4, 0.5) is 5.69 Å². The number of nitrogens with zero attached hydrogens (tertiary/aromatic N) is 2. The van der Waals surface area contributed by atoms with Crippen LogP contribution in [0, 0.1) is 6.92 Å². The van der Waals surface area contributed by atoms with Gasteiger partial charge in [-0.25, -0.2) is 8.42 Å². The fraction of sp³-hybridized carbons (Fsp3) is 0.286. The first-order chi connectivity index (χ1) is 17.6. The first kappa shape index (κ1) is 27.7. The Morgan fingerprint density at radius 3 is 2.16 bits per heavy atom. The molecule has 3 aromatic rings. The van der Waals surface area contributed by atoms with E-state index in [-0.39, 0.29) is 12.5 Å². The lowest BCUT2D eigenvalue weighted by Gasteiger charge is -2.31. The molecule has 1 atom stereocenters. The van der Waals surface area contributed by atoms with Gasteiger partial charge >= 0.3 is 0 Å². The number of amides is 2. The Morgan fingerprint density at radius 1 is 0.946 bits per heavy atom. The van der Waals surface area contributed by atoms with Crippen molar-refractivity contribution in [3.63, 3.8) is 0 Å². The van der Waals surface area contributed by atoms with E-state index in [4.69, 9.17) is 4.74 Å². The second-order valence-electron chi connectivity index (χ2n) is 8.78. The zero-order valence-electron chi connectivity index (χ0n) is 21.5. The Kier molecular flexibility index (Phi) is 9.30. The molecule has 0 saturated heterocycles. The van der Waals surface area contributed by atoms with Gasteiger partial charge in [-0.3, -0.25) is 13.9 Å². The van der Waals surface area contributed by atoms with Crippen LogP contribution in [0.2, 0.25) is 0 Å². The minimum absolute atomic E-state index is 0.171. The predicted molar refractivity (Wildman–Crippen MR) is 145 cm³/mol. The smallest absolute Gasteiger partial charge is 0.244 e. The molecule has 37 heavy (non-hydrogen) atoms. The molecule has 3 aromatic carbocycles. The second kappa shape index (κ2) is 12.4. The number of carbonyl (C=O) groups excluding carboxylic acids is 2. The lowest BCUT2D eigenvalue weighted by Crippen LogP contribution is -2.50. The van der Waals surface area contributed by atoms with Crippen molar-refractivity contribution in [2.75, 3.05) is 24.2 Å². The van der Waals surface area contributed by atoms with Crippen LogP contribution in [0.1, 0.15) is 23.6 Å². The molecular formula is C28H33N3O5S. The van der Waals surface area contributed by atoms with Crippen molar-refractivity contribution in [3.05, 3.63) is 95.6 Å². The summed E-state index contributed by atoms with van der Waals surface area (Å²) in [7, 11) is -2.30. The van der Waals surface area contributed by atoms with Crippen molar-refractivity contribution in [1.82, 2.24) is 10.2 Å². The second-order valence-corrected chi connectivity index (χ2v) is 10.7. The van der Waals surface area contributed by atoms with Crippen LogP contribution in [0.5, 0.6) is 5.75 Å². The number of likely N-dealkylation sites (N-methyl/N-ethyl adjacent to an activating group) is 1. The summed E-state index contributed by atoms with van der Waals surface area (Å²) >= 11 is 0. The molecule has 0 aliphatic rings. The Balaban J connectivity index is 1.81. The van der Waals surface area contributed by atoms with Crippen LogP contribution in [0.3, 0.4) is 0 Å². The van der Waals surface area contributed by atoms with Gasteiger partial charge in [0.15, 0.2) is 0 Å². The highest BCUT2D eigenvalue weighted by Gasteiger charge is 2.30. The maximum absolute atomic E-state index is 13.5. The zero-order valence-corrected chi connectivity index (χ0v) is 22.4. The molecular weight excluding hydrogens is 490 g/mol. The standard InChI is InChI=1S/C28H33N3O5S/c1-21-10-8-9-13-24(21)18-30(22(2)28(33)29-3)27(32)19-31(37(4,34)35)25-14-16-26(17-15-25)36-20-23-11-6-5-7-12-23/h5-17,22H,18-20H2,1-4H3,(H,29,33)/t22-/m1/s1. The number of nitrogens with one attached hydrogen (secondary N) is 1. The summed E-state index contributed by atoms with van der Waals surface area (Å²) in [6.45, 7) is 3.64. The number of ether oxygens (including phenoxy) is 1. The minimum Gasteiger partial charge on any atom is -0.489 e. The topological polar surface area (TPSA) is 96.0 Å². The molecule has 0 heterocycles. The van der Waals surface area contributed by atoms with E-state index in [1.54, 1.807) is 31.2 Å². The van der Waals surface area contributed by atoms with Crippen molar-refractivity contribution in [1.29, 1.82) is 0 Å². The molecule has 3 rings (SSSR count). The van der Waals surface area contributed by atoms with Crippen molar-refractivity contribution >= 4 is 27.5 Å². The molecule has 0 spiro atoms. The molecule has 0 fully saturated rings. The molecule has 0 saturated carbocycles. The Labute approximate surface area is 218 Å². The van der Waals surface area contributed by atoms with E-state index in [2.05, 4.69) is 5.32 Å². The summed E-state index contributed by atoms with van der Waals surface area (Å²) in [6, 6.07) is 23.0. The first-order valence-electron chi connectivity index (χ1n) is 11.9. The molecule has 8 nitrogen and oxygen atoms in total. The maximum atomic E-state index is 13.5. The average molecular weight is 524 g/mol. The number of hydrogen-bond acceptors (Lipinski definition) is 5. The maximum Gasteiger partial charge on any atom is 0.244 e. The fourth-order valence-electron chi connectivity index (χ4n) is 3.83. The van der Waals surface area contributed by atoms with Gasteiger partial charge in [0.1, 0.15) is 24.9 Å². The van der Waals surface area contributed by atoms with E-state index in [1.807, 2.05) is 61.5 Å². The minimum atomic E-state index is -3.80. The van der Waals surface area contributed by atoms with Crippen molar-refractivity contribution in [3.8, 4) is 5.75 Å². The fourth-order valence-corrected chi connectivity index (χ4v) is 4.68. The quantitative estimate of drug-likeness (QED) is 0.415. The lowest BCUT2D eigenvalue weighted by molar-refractivity contribution is -0.139. The van der Waals surface area contributed by atoms with Crippen molar-refractivity contribution in [2.45, 2.75) is 33.0 Å². The van der Waals surface area contributed by atoms with Gasteiger partial charge in [-0.15, -0.1) is 0 Å². The molecule has 196 valence electrons. The van der Waals surface area contributed by atoms with Gasteiger partial charge in [0.25, 0.3) is 0 Å². The van der Waals surface area contributed by atoms with Crippen molar-refractivity contribution < 1.29 is 22.7 Å². The predicted octanol–water partition coefficient (Wildman–Crippen LogP) is 3.50. The van der Waals surface area contributed by atoms with Gasteiger partial charge in [0, 0.05) is 13.6 Å². The SMILES string of the molecule is CNC(=O)[C@@H](C)N(Cc1ccccc1C)C(=O)CN(c1ccc(OCc2ccccc2)cc1)S(C)(=O)=O. The van der Waals surface area contributed by atoms with Gasteiger partial charge < -0.3 is 15.0 Å². The largest absolute Gasteiger partial charge is 0.489 e. The molecule has 0 bridgehead atoms. The van der Waals surface area contributed by atoms with Crippen molar-refractivity contribution in [2.24, 2.45) is 0 Å². The van der Waals surface area contributed by atoms with E-state index in [0.29, 0.717) is 18.0 Å². The Morgan fingerprint density at radius 2 is 1.57 bits per heavy atom. The highest BCUT2D eigenvalue weighted by molar-refractivity contribution is 7.92.